The topological polar surface area (TPSA) is 61.9 Å². The normalized spacial score (nSPS) is 22.6. The van der Waals surface area contributed by atoms with Gasteiger partial charge in [0.25, 0.3) is 0 Å². The van der Waals surface area contributed by atoms with Crippen LogP contribution in [-0.4, -0.2) is 67.5 Å². The fourth-order valence-electron chi connectivity index (χ4n) is 5.00. The Bertz CT molecular complexity index is 771. The van der Waals surface area contributed by atoms with E-state index in [1.54, 1.807) is 13.2 Å². The first kappa shape index (κ1) is 23.3. The number of ether oxygens (including phenoxy) is 1. The fraction of sp³-hybridized carbons (Fsp3) is 0.600. The number of piperidine rings is 1. The first-order valence-corrected chi connectivity index (χ1v) is 11.6. The number of hydrogen-bond acceptors (Lipinski definition) is 4. The molecule has 1 saturated heterocycles. The van der Waals surface area contributed by atoms with Gasteiger partial charge in [0.1, 0.15) is 5.75 Å². The highest BCUT2D eigenvalue weighted by Crippen LogP contribution is 2.30. The van der Waals surface area contributed by atoms with Crippen LogP contribution in [0.5, 0.6) is 5.75 Å². The minimum absolute atomic E-state index is 0.00817. The van der Waals surface area contributed by atoms with Crippen LogP contribution in [0.1, 0.15) is 51.0 Å². The average Bonchev–Trinajstić information content (AvgIpc) is 2.81. The molecule has 0 unspecified atom stereocenters. The van der Waals surface area contributed by atoms with Gasteiger partial charge in [-0.2, -0.15) is 0 Å². The third-order valence-electron chi connectivity index (χ3n) is 6.95. The van der Waals surface area contributed by atoms with E-state index in [1.165, 1.54) is 31.8 Å². The fourth-order valence-corrected chi connectivity index (χ4v) is 5.00. The summed E-state index contributed by atoms with van der Waals surface area (Å²) in [6, 6.07) is 8.72. The van der Waals surface area contributed by atoms with E-state index in [9.17, 15) is 9.59 Å². The lowest BCUT2D eigenvalue weighted by Gasteiger charge is -2.44. The van der Waals surface area contributed by atoms with Crippen molar-refractivity contribution in [2.45, 2.75) is 57.5 Å². The minimum Gasteiger partial charge on any atom is -0.496 e. The Balaban J connectivity index is 1.41. The molecule has 1 aliphatic carbocycles. The van der Waals surface area contributed by atoms with Crippen molar-refractivity contribution in [3.05, 3.63) is 35.9 Å². The van der Waals surface area contributed by atoms with Crippen LogP contribution in [0.2, 0.25) is 0 Å². The highest BCUT2D eigenvalue weighted by atomic mass is 16.5. The number of likely N-dealkylation sites (tertiary alicyclic amines) is 1. The van der Waals surface area contributed by atoms with E-state index in [0.29, 0.717) is 17.8 Å². The van der Waals surface area contributed by atoms with E-state index >= 15 is 0 Å². The zero-order valence-corrected chi connectivity index (χ0v) is 19.2. The second-order valence-electron chi connectivity index (χ2n) is 8.90. The third-order valence-corrected chi connectivity index (χ3v) is 6.95. The van der Waals surface area contributed by atoms with Gasteiger partial charge in [-0.15, -0.1) is 0 Å². The van der Waals surface area contributed by atoms with Crippen LogP contribution in [0.4, 0.5) is 0 Å². The van der Waals surface area contributed by atoms with Crippen LogP contribution in [-0.2, 0) is 9.59 Å². The molecule has 1 aromatic rings. The molecule has 2 atom stereocenters. The van der Waals surface area contributed by atoms with Gasteiger partial charge in [0.15, 0.2) is 0 Å². The zero-order valence-electron chi connectivity index (χ0n) is 19.2. The predicted molar refractivity (Wildman–Crippen MR) is 124 cm³/mol. The van der Waals surface area contributed by atoms with E-state index in [2.05, 4.69) is 24.2 Å². The van der Waals surface area contributed by atoms with Crippen molar-refractivity contribution in [1.29, 1.82) is 0 Å². The lowest BCUT2D eigenvalue weighted by atomic mass is 9.84. The lowest BCUT2D eigenvalue weighted by Crippen LogP contribution is -2.51. The molecule has 2 aliphatic rings. The smallest absolute Gasteiger partial charge is 0.244 e. The first-order valence-electron chi connectivity index (χ1n) is 11.6. The average molecular weight is 428 g/mol. The van der Waals surface area contributed by atoms with Gasteiger partial charge in [-0.1, -0.05) is 38.0 Å². The van der Waals surface area contributed by atoms with Crippen molar-refractivity contribution in [3.63, 3.8) is 0 Å². The van der Waals surface area contributed by atoms with Crippen LogP contribution in [0.3, 0.4) is 0 Å². The van der Waals surface area contributed by atoms with Gasteiger partial charge < -0.3 is 19.9 Å². The molecular weight excluding hydrogens is 390 g/mol. The predicted octanol–water partition coefficient (Wildman–Crippen LogP) is 3.33. The van der Waals surface area contributed by atoms with Crippen molar-refractivity contribution in [2.24, 2.45) is 5.92 Å². The minimum atomic E-state index is -0.278. The number of amides is 2. The molecule has 0 radical (unpaired) electrons. The molecular formula is C25H37N3O3. The number of para-hydroxylation sites is 1. The molecule has 1 N–H and O–H groups in total. The largest absolute Gasteiger partial charge is 0.496 e. The number of benzene rings is 1. The summed E-state index contributed by atoms with van der Waals surface area (Å²) < 4.78 is 5.28. The second-order valence-corrected chi connectivity index (χ2v) is 8.90. The molecule has 1 saturated carbocycles. The van der Waals surface area contributed by atoms with Gasteiger partial charge in [-0.3, -0.25) is 9.59 Å². The second kappa shape index (κ2) is 11.3. The van der Waals surface area contributed by atoms with E-state index in [0.717, 1.165) is 37.4 Å². The number of nitrogens with zero attached hydrogens (tertiary/aromatic N) is 2. The molecule has 1 heterocycles. The number of methoxy groups -OCH3 is 1. The monoisotopic (exact) mass is 427 g/mol. The Labute approximate surface area is 186 Å². The Morgan fingerprint density at radius 3 is 2.58 bits per heavy atom. The number of rotatable bonds is 7. The van der Waals surface area contributed by atoms with E-state index in [1.807, 2.05) is 29.2 Å². The van der Waals surface area contributed by atoms with Gasteiger partial charge in [-0.05, 0) is 50.8 Å². The Kier molecular flexibility index (Phi) is 8.52. The van der Waals surface area contributed by atoms with Crippen molar-refractivity contribution >= 4 is 17.9 Å². The SMILES string of the molecule is COc1ccccc1/C=C/C(=O)NCC(=O)N1CCC(N(C)[C@H]2CCCC[C@@H]2C)CC1. The molecule has 2 amide bonds. The number of nitrogens with one attached hydrogen (secondary N) is 1. The molecule has 0 bridgehead atoms. The van der Waals surface area contributed by atoms with Crippen LogP contribution in [0.15, 0.2) is 30.3 Å². The van der Waals surface area contributed by atoms with Gasteiger partial charge in [-0.25, -0.2) is 0 Å². The van der Waals surface area contributed by atoms with E-state index in [-0.39, 0.29) is 18.4 Å². The standard InChI is InChI=1S/C25H37N3O3/c1-19-8-4-6-10-22(19)27(2)21-14-16-28(17-15-21)25(30)18-26-24(29)13-12-20-9-5-7-11-23(20)31-3/h5,7,9,11-13,19,21-22H,4,6,8,10,14-18H2,1-3H3,(H,26,29)/b13-12+/t19-,22-/m0/s1. The zero-order chi connectivity index (χ0) is 22.2. The summed E-state index contributed by atoms with van der Waals surface area (Å²) in [4.78, 5) is 29.2. The Morgan fingerprint density at radius 1 is 1.16 bits per heavy atom. The van der Waals surface area contributed by atoms with Crippen molar-refractivity contribution < 1.29 is 14.3 Å². The number of carbonyl (C=O) groups excluding carboxylic acids is 2. The maximum absolute atomic E-state index is 12.6. The van der Waals surface area contributed by atoms with Gasteiger partial charge in [0, 0.05) is 36.8 Å². The molecule has 6 nitrogen and oxygen atoms in total. The molecule has 2 fully saturated rings. The number of hydrogen-bond donors (Lipinski definition) is 1. The highest BCUT2D eigenvalue weighted by Gasteiger charge is 2.32. The Morgan fingerprint density at radius 2 is 1.87 bits per heavy atom. The van der Waals surface area contributed by atoms with E-state index in [4.69, 9.17) is 4.74 Å². The third kappa shape index (κ3) is 6.33. The van der Waals surface area contributed by atoms with E-state index < -0.39 is 0 Å². The quantitative estimate of drug-likeness (QED) is 0.678. The molecule has 1 aromatic carbocycles. The van der Waals surface area contributed by atoms with Crippen LogP contribution in [0.25, 0.3) is 6.08 Å². The molecule has 170 valence electrons. The summed E-state index contributed by atoms with van der Waals surface area (Å²) in [5.74, 6) is 1.18. The summed E-state index contributed by atoms with van der Waals surface area (Å²) in [5.41, 5.74) is 0.824. The Hall–Kier alpha value is -2.34. The van der Waals surface area contributed by atoms with Crippen LogP contribution in [0, 0.1) is 5.92 Å². The summed E-state index contributed by atoms with van der Waals surface area (Å²) in [6.45, 7) is 3.95. The van der Waals surface area contributed by atoms with Crippen molar-refractivity contribution in [3.8, 4) is 5.75 Å². The van der Waals surface area contributed by atoms with Crippen molar-refractivity contribution in [1.82, 2.24) is 15.1 Å². The lowest BCUT2D eigenvalue weighted by molar-refractivity contribution is -0.133. The molecule has 3 rings (SSSR count). The first-order chi connectivity index (χ1) is 15.0. The van der Waals surface area contributed by atoms with Gasteiger partial charge in [0.05, 0.1) is 13.7 Å². The highest BCUT2D eigenvalue weighted by molar-refractivity contribution is 5.94. The molecule has 0 aromatic heterocycles. The molecule has 31 heavy (non-hydrogen) atoms. The molecule has 1 aliphatic heterocycles. The van der Waals surface area contributed by atoms with Gasteiger partial charge in [0.2, 0.25) is 11.8 Å². The molecule has 0 spiro atoms. The maximum Gasteiger partial charge on any atom is 0.244 e. The summed E-state index contributed by atoms with van der Waals surface area (Å²) >= 11 is 0. The van der Waals surface area contributed by atoms with Crippen LogP contribution < -0.4 is 10.1 Å². The maximum atomic E-state index is 12.6. The summed E-state index contributed by atoms with van der Waals surface area (Å²) in [6.07, 6.45) is 10.5. The summed E-state index contributed by atoms with van der Waals surface area (Å²) in [7, 11) is 3.87. The van der Waals surface area contributed by atoms with Crippen molar-refractivity contribution in [2.75, 3.05) is 33.8 Å². The van der Waals surface area contributed by atoms with Gasteiger partial charge >= 0.3 is 0 Å². The number of carbonyl (C=O) groups is 2. The van der Waals surface area contributed by atoms with Crippen LogP contribution >= 0.6 is 0 Å². The molecule has 6 heteroatoms. The summed E-state index contributed by atoms with van der Waals surface area (Å²) in [5, 5.41) is 2.71.